The summed E-state index contributed by atoms with van der Waals surface area (Å²) in [6.45, 7) is 3.41. The van der Waals surface area contributed by atoms with E-state index in [1.54, 1.807) is 0 Å². The third kappa shape index (κ3) is 4.96. The molecule has 94 valence electrons. The molecular formula is C13H17BrClNO. The smallest absolute Gasteiger partial charge is 0.0591 e. The SMILES string of the molecule is Clc1ccc(Br)c(CNCCOCC2CC2)c1. The second kappa shape index (κ2) is 6.74. The fourth-order valence-electron chi connectivity index (χ4n) is 1.58. The minimum atomic E-state index is 0.773. The highest BCUT2D eigenvalue weighted by Crippen LogP contribution is 2.28. The van der Waals surface area contributed by atoms with Crippen LogP contribution in [0.3, 0.4) is 0 Å². The maximum atomic E-state index is 5.95. The van der Waals surface area contributed by atoms with Gasteiger partial charge in [-0.3, -0.25) is 0 Å². The first-order valence-corrected chi connectivity index (χ1v) is 7.15. The van der Waals surface area contributed by atoms with Gasteiger partial charge in [0.1, 0.15) is 0 Å². The third-order valence-electron chi connectivity index (χ3n) is 2.80. The van der Waals surface area contributed by atoms with E-state index in [-0.39, 0.29) is 0 Å². The molecule has 0 unspecified atom stereocenters. The summed E-state index contributed by atoms with van der Waals surface area (Å²) in [6, 6.07) is 5.83. The van der Waals surface area contributed by atoms with Crippen molar-refractivity contribution in [3.05, 3.63) is 33.3 Å². The van der Waals surface area contributed by atoms with Crippen molar-refractivity contribution >= 4 is 27.5 Å². The van der Waals surface area contributed by atoms with Crippen LogP contribution in [0.1, 0.15) is 18.4 Å². The zero-order chi connectivity index (χ0) is 12.1. The molecule has 0 aliphatic heterocycles. The lowest BCUT2D eigenvalue weighted by Crippen LogP contribution is -2.20. The van der Waals surface area contributed by atoms with Crippen molar-refractivity contribution in [2.24, 2.45) is 5.92 Å². The third-order valence-corrected chi connectivity index (χ3v) is 3.81. The Morgan fingerprint density at radius 3 is 3.00 bits per heavy atom. The molecule has 1 aliphatic rings. The van der Waals surface area contributed by atoms with Crippen LogP contribution in [0.5, 0.6) is 0 Å². The van der Waals surface area contributed by atoms with Crippen LogP contribution in [-0.4, -0.2) is 19.8 Å². The van der Waals surface area contributed by atoms with Crippen molar-refractivity contribution < 1.29 is 4.74 Å². The van der Waals surface area contributed by atoms with Crippen molar-refractivity contribution in [2.45, 2.75) is 19.4 Å². The van der Waals surface area contributed by atoms with E-state index in [1.165, 1.54) is 18.4 Å². The van der Waals surface area contributed by atoms with E-state index in [0.29, 0.717) is 0 Å². The van der Waals surface area contributed by atoms with E-state index in [9.17, 15) is 0 Å². The Balaban J connectivity index is 1.61. The van der Waals surface area contributed by atoms with Crippen molar-refractivity contribution in [2.75, 3.05) is 19.8 Å². The molecule has 0 aromatic heterocycles. The summed E-state index contributed by atoms with van der Waals surface area (Å²) in [5.41, 5.74) is 1.18. The lowest BCUT2D eigenvalue weighted by molar-refractivity contribution is 0.126. The van der Waals surface area contributed by atoms with E-state index >= 15 is 0 Å². The first kappa shape index (κ1) is 13.3. The molecule has 1 N–H and O–H groups in total. The van der Waals surface area contributed by atoms with Gasteiger partial charge >= 0.3 is 0 Å². The molecule has 0 radical (unpaired) electrons. The van der Waals surface area contributed by atoms with Gasteiger partial charge in [-0.2, -0.15) is 0 Å². The van der Waals surface area contributed by atoms with E-state index in [4.69, 9.17) is 16.3 Å². The average Bonchev–Trinajstić information content (AvgIpc) is 3.11. The number of ether oxygens (including phenoxy) is 1. The Labute approximate surface area is 116 Å². The van der Waals surface area contributed by atoms with Gasteiger partial charge in [-0.05, 0) is 42.5 Å². The molecule has 0 saturated heterocycles. The monoisotopic (exact) mass is 317 g/mol. The van der Waals surface area contributed by atoms with Gasteiger partial charge < -0.3 is 10.1 Å². The van der Waals surface area contributed by atoms with Crippen LogP contribution in [-0.2, 0) is 11.3 Å². The molecule has 0 spiro atoms. The zero-order valence-corrected chi connectivity index (χ0v) is 12.1. The average molecular weight is 319 g/mol. The normalized spacial score (nSPS) is 15.2. The number of hydrogen-bond acceptors (Lipinski definition) is 2. The predicted molar refractivity (Wildman–Crippen MR) is 74.4 cm³/mol. The standard InChI is InChI=1S/C13H17BrClNO/c14-13-4-3-12(15)7-11(13)8-16-5-6-17-9-10-1-2-10/h3-4,7,10,16H,1-2,5-6,8-9H2. The second-order valence-corrected chi connectivity index (χ2v) is 5.72. The fourth-order valence-corrected chi connectivity index (χ4v) is 2.16. The van der Waals surface area contributed by atoms with Crippen molar-refractivity contribution in [1.29, 1.82) is 0 Å². The zero-order valence-electron chi connectivity index (χ0n) is 9.72. The molecule has 4 heteroatoms. The molecule has 0 heterocycles. The van der Waals surface area contributed by atoms with Gasteiger partial charge in [0.2, 0.25) is 0 Å². The summed E-state index contributed by atoms with van der Waals surface area (Å²) in [6.07, 6.45) is 2.70. The summed E-state index contributed by atoms with van der Waals surface area (Å²) in [5, 5.41) is 4.12. The molecule has 0 bridgehead atoms. The molecule has 2 nitrogen and oxygen atoms in total. The van der Waals surface area contributed by atoms with Gasteiger partial charge in [0, 0.05) is 29.2 Å². The molecular weight excluding hydrogens is 302 g/mol. The summed E-state index contributed by atoms with van der Waals surface area (Å²) in [5.74, 6) is 0.845. The predicted octanol–water partition coefficient (Wildman–Crippen LogP) is 3.62. The van der Waals surface area contributed by atoms with Gasteiger partial charge in [-0.15, -0.1) is 0 Å². The van der Waals surface area contributed by atoms with Gasteiger partial charge in [-0.1, -0.05) is 27.5 Å². The summed E-state index contributed by atoms with van der Waals surface area (Å²) < 4.78 is 6.64. The van der Waals surface area contributed by atoms with Crippen molar-refractivity contribution in [1.82, 2.24) is 5.32 Å². The highest BCUT2D eigenvalue weighted by molar-refractivity contribution is 9.10. The van der Waals surface area contributed by atoms with E-state index in [1.807, 2.05) is 18.2 Å². The Hall–Kier alpha value is -0.0900. The molecule has 1 aliphatic carbocycles. The summed E-state index contributed by atoms with van der Waals surface area (Å²) >= 11 is 9.46. The fraction of sp³-hybridized carbons (Fsp3) is 0.538. The first-order chi connectivity index (χ1) is 8.25. The molecule has 1 aromatic carbocycles. The number of benzene rings is 1. The lowest BCUT2D eigenvalue weighted by Gasteiger charge is -2.08. The molecule has 1 fully saturated rings. The Morgan fingerprint density at radius 2 is 2.24 bits per heavy atom. The highest BCUT2D eigenvalue weighted by Gasteiger charge is 2.20. The highest BCUT2D eigenvalue weighted by atomic mass is 79.9. The number of nitrogens with one attached hydrogen (secondary N) is 1. The molecule has 1 aromatic rings. The summed E-state index contributed by atoms with van der Waals surface area (Å²) in [7, 11) is 0. The van der Waals surface area contributed by atoms with Crippen molar-refractivity contribution in [3.8, 4) is 0 Å². The Bertz CT molecular complexity index is 368. The lowest BCUT2D eigenvalue weighted by atomic mass is 10.2. The van der Waals surface area contributed by atoms with Gasteiger partial charge in [0.15, 0.2) is 0 Å². The van der Waals surface area contributed by atoms with Gasteiger partial charge in [-0.25, -0.2) is 0 Å². The molecule has 17 heavy (non-hydrogen) atoms. The maximum absolute atomic E-state index is 5.95. The number of hydrogen-bond donors (Lipinski definition) is 1. The van der Waals surface area contributed by atoms with Crippen LogP contribution < -0.4 is 5.32 Å². The largest absolute Gasteiger partial charge is 0.380 e. The van der Waals surface area contributed by atoms with E-state index in [2.05, 4.69) is 21.2 Å². The minimum absolute atomic E-state index is 0.773. The molecule has 2 rings (SSSR count). The van der Waals surface area contributed by atoms with Crippen LogP contribution in [0.15, 0.2) is 22.7 Å². The number of rotatable bonds is 7. The van der Waals surface area contributed by atoms with Crippen LogP contribution in [0.4, 0.5) is 0 Å². The first-order valence-electron chi connectivity index (χ1n) is 5.98. The van der Waals surface area contributed by atoms with Crippen LogP contribution in [0, 0.1) is 5.92 Å². The molecule has 0 amide bonds. The van der Waals surface area contributed by atoms with Gasteiger partial charge in [0.05, 0.1) is 6.61 Å². The molecule has 1 saturated carbocycles. The summed E-state index contributed by atoms with van der Waals surface area (Å²) in [4.78, 5) is 0. The topological polar surface area (TPSA) is 21.3 Å². The van der Waals surface area contributed by atoms with E-state index in [0.717, 1.165) is 41.7 Å². The maximum Gasteiger partial charge on any atom is 0.0591 e. The second-order valence-electron chi connectivity index (χ2n) is 4.43. The number of halogens is 2. The van der Waals surface area contributed by atoms with Crippen LogP contribution >= 0.6 is 27.5 Å². The quantitative estimate of drug-likeness (QED) is 0.775. The van der Waals surface area contributed by atoms with Gasteiger partial charge in [0.25, 0.3) is 0 Å². The molecule has 0 atom stereocenters. The Kier molecular flexibility index (Phi) is 5.29. The van der Waals surface area contributed by atoms with E-state index < -0.39 is 0 Å². The van der Waals surface area contributed by atoms with Crippen LogP contribution in [0.25, 0.3) is 0 Å². The Morgan fingerprint density at radius 1 is 1.41 bits per heavy atom. The minimum Gasteiger partial charge on any atom is -0.380 e. The van der Waals surface area contributed by atoms with Crippen LogP contribution in [0.2, 0.25) is 5.02 Å². The van der Waals surface area contributed by atoms with Crippen molar-refractivity contribution in [3.63, 3.8) is 0 Å².